The van der Waals surface area contributed by atoms with Crippen molar-refractivity contribution in [1.82, 2.24) is 9.97 Å². The van der Waals surface area contributed by atoms with Crippen LogP contribution < -0.4 is 11.1 Å². The van der Waals surface area contributed by atoms with E-state index in [-0.39, 0.29) is 5.91 Å². The summed E-state index contributed by atoms with van der Waals surface area (Å²) in [4.78, 5) is 20.8. The average molecular weight is 314 g/mol. The number of nitrogens with one attached hydrogen (secondary N) is 1. The summed E-state index contributed by atoms with van der Waals surface area (Å²) in [7, 11) is 0. The van der Waals surface area contributed by atoms with Crippen molar-refractivity contribution in [2.24, 2.45) is 5.73 Å². The van der Waals surface area contributed by atoms with E-state index in [1.54, 1.807) is 11.4 Å². The first-order valence-corrected chi connectivity index (χ1v) is 7.97. The van der Waals surface area contributed by atoms with Crippen molar-refractivity contribution < 1.29 is 9.21 Å². The smallest absolute Gasteiger partial charge is 0.275 e. The van der Waals surface area contributed by atoms with Gasteiger partial charge < -0.3 is 15.5 Å². The Morgan fingerprint density at radius 3 is 3.00 bits per heavy atom. The van der Waals surface area contributed by atoms with Gasteiger partial charge >= 0.3 is 0 Å². The molecular weight excluding hydrogens is 300 g/mol. The fourth-order valence-electron chi connectivity index (χ4n) is 2.23. The molecule has 1 aliphatic rings. The molecule has 1 fully saturated rings. The van der Waals surface area contributed by atoms with E-state index in [1.807, 2.05) is 12.1 Å². The Bertz CT molecular complexity index is 850. The van der Waals surface area contributed by atoms with E-state index < -0.39 is 0 Å². The summed E-state index contributed by atoms with van der Waals surface area (Å²) < 4.78 is 5.71. The molecule has 112 valence electrons. The highest BCUT2D eigenvalue weighted by molar-refractivity contribution is 7.09. The van der Waals surface area contributed by atoms with Crippen LogP contribution in [0.4, 0.5) is 5.69 Å². The molecule has 0 radical (unpaired) electrons. The van der Waals surface area contributed by atoms with Crippen LogP contribution in [0.1, 0.15) is 40.1 Å². The highest BCUT2D eigenvalue weighted by atomic mass is 32.1. The van der Waals surface area contributed by atoms with Crippen molar-refractivity contribution in [3.63, 3.8) is 0 Å². The largest absolute Gasteiger partial charge is 0.440 e. The van der Waals surface area contributed by atoms with E-state index in [4.69, 9.17) is 10.2 Å². The summed E-state index contributed by atoms with van der Waals surface area (Å²) in [6, 6.07) is 5.45. The Kier molecular flexibility index (Phi) is 3.16. The number of benzene rings is 1. The van der Waals surface area contributed by atoms with Crippen LogP contribution in [0.15, 0.2) is 28.0 Å². The van der Waals surface area contributed by atoms with Crippen LogP contribution in [0, 0.1) is 0 Å². The minimum atomic E-state index is -0.249. The number of aromatic nitrogens is 2. The van der Waals surface area contributed by atoms with E-state index >= 15 is 0 Å². The quantitative estimate of drug-likeness (QED) is 0.772. The Labute approximate surface area is 130 Å². The SMILES string of the molecule is NCc1nc(C(=O)Nc2ccc3oc(C4CC4)nc3c2)cs1. The summed E-state index contributed by atoms with van der Waals surface area (Å²) in [6.45, 7) is 0.340. The van der Waals surface area contributed by atoms with Gasteiger partial charge in [0.05, 0.1) is 0 Å². The van der Waals surface area contributed by atoms with Crippen molar-refractivity contribution >= 4 is 34.0 Å². The van der Waals surface area contributed by atoms with Crippen LogP contribution in [0.3, 0.4) is 0 Å². The molecule has 1 aliphatic carbocycles. The zero-order valence-electron chi connectivity index (χ0n) is 11.7. The number of thiazole rings is 1. The number of carbonyl (C=O) groups excluding carboxylic acids is 1. The van der Waals surface area contributed by atoms with E-state index in [0.29, 0.717) is 23.8 Å². The second-order valence-electron chi connectivity index (χ2n) is 5.29. The molecule has 0 aliphatic heterocycles. The van der Waals surface area contributed by atoms with Crippen molar-refractivity contribution in [3.8, 4) is 0 Å². The fourth-order valence-corrected chi connectivity index (χ4v) is 2.89. The molecule has 2 aromatic heterocycles. The molecule has 4 rings (SSSR count). The molecule has 6 nitrogen and oxygen atoms in total. The Hall–Kier alpha value is -2.25. The summed E-state index contributed by atoms with van der Waals surface area (Å²) >= 11 is 1.38. The summed E-state index contributed by atoms with van der Waals surface area (Å²) in [5, 5.41) is 5.27. The Morgan fingerprint density at radius 1 is 1.41 bits per heavy atom. The molecule has 3 aromatic rings. The maximum Gasteiger partial charge on any atom is 0.275 e. The Morgan fingerprint density at radius 2 is 2.27 bits per heavy atom. The maximum atomic E-state index is 12.2. The predicted octanol–water partition coefficient (Wildman–Crippen LogP) is 2.87. The second kappa shape index (κ2) is 5.19. The van der Waals surface area contributed by atoms with Crippen LogP contribution in [-0.2, 0) is 6.54 Å². The van der Waals surface area contributed by atoms with Gasteiger partial charge in [-0.1, -0.05) is 0 Å². The molecular formula is C15H14N4O2S. The molecule has 3 N–H and O–H groups in total. The zero-order chi connectivity index (χ0) is 15.1. The van der Waals surface area contributed by atoms with Crippen LogP contribution in [0.5, 0.6) is 0 Å². The molecule has 0 atom stereocenters. The number of carbonyl (C=O) groups is 1. The van der Waals surface area contributed by atoms with Crippen LogP contribution in [-0.4, -0.2) is 15.9 Å². The van der Waals surface area contributed by atoms with Crippen molar-refractivity contribution in [3.05, 3.63) is 40.2 Å². The number of oxazole rings is 1. The van der Waals surface area contributed by atoms with E-state index in [9.17, 15) is 4.79 Å². The van der Waals surface area contributed by atoms with Gasteiger partial charge in [-0.3, -0.25) is 4.79 Å². The Balaban J connectivity index is 1.56. The number of amides is 1. The van der Waals surface area contributed by atoms with Crippen molar-refractivity contribution in [2.75, 3.05) is 5.32 Å². The van der Waals surface area contributed by atoms with Gasteiger partial charge in [-0.2, -0.15) is 0 Å². The van der Waals surface area contributed by atoms with Gasteiger partial charge in [-0.25, -0.2) is 9.97 Å². The lowest BCUT2D eigenvalue weighted by molar-refractivity contribution is 0.102. The number of anilines is 1. The van der Waals surface area contributed by atoms with Gasteiger partial charge in [0.15, 0.2) is 11.5 Å². The van der Waals surface area contributed by atoms with E-state index in [0.717, 1.165) is 34.8 Å². The molecule has 7 heteroatoms. The zero-order valence-corrected chi connectivity index (χ0v) is 12.5. The number of fused-ring (bicyclic) bond motifs is 1. The lowest BCUT2D eigenvalue weighted by Gasteiger charge is -2.02. The normalized spacial score (nSPS) is 14.4. The summed E-state index contributed by atoms with van der Waals surface area (Å²) in [5.41, 5.74) is 8.08. The lowest BCUT2D eigenvalue weighted by Crippen LogP contribution is -2.12. The van der Waals surface area contributed by atoms with Gasteiger partial charge in [0.1, 0.15) is 16.2 Å². The molecule has 1 amide bonds. The number of nitrogens with two attached hydrogens (primary N) is 1. The standard InChI is InChI=1S/C15H14N4O2S/c16-6-13-18-11(7-22-13)14(20)17-9-3-4-12-10(5-9)19-15(21-12)8-1-2-8/h3-5,7-8H,1-2,6,16H2,(H,17,20). The number of nitrogens with zero attached hydrogens (tertiary/aromatic N) is 2. The van der Waals surface area contributed by atoms with Gasteiger partial charge in [0.25, 0.3) is 5.91 Å². The molecule has 0 spiro atoms. The van der Waals surface area contributed by atoms with Crippen LogP contribution in [0.25, 0.3) is 11.1 Å². The molecule has 0 unspecified atom stereocenters. The highest BCUT2D eigenvalue weighted by Gasteiger charge is 2.28. The van der Waals surface area contributed by atoms with E-state index in [1.165, 1.54) is 11.3 Å². The first kappa shape index (κ1) is 13.4. The fraction of sp³-hybridized carbons (Fsp3) is 0.267. The summed E-state index contributed by atoms with van der Waals surface area (Å²) in [6.07, 6.45) is 2.29. The number of hydrogen-bond donors (Lipinski definition) is 2. The van der Waals surface area contributed by atoms with E-state index in [2.05, 4.69) is 15.3 Å². The maximum absolute atomic E-state index is 12.2. The number of hydrogen-bond acceptors (Lipinski definition) is 6. The second-order valence-corrected chi connectivity index (χ2v) is 6.24. The third-order valence-corrected chi connectivity index (χ3v) is 4.42. The van der Waals surface area contributed by atoms with Gasteiger partial charge in [0, 0.05) is 23.5 Å². The minimum absolute atomic E-state index is 0.249. The highest BCUT2D eigenvalue weighted by Crippen LogP contribution is 2.40. The predicted molar refractivity (Wildman–Crippen MR) is 83.9 cm³/mol. The monoisotopic (exact) mass is 314 g/mol. The summed E-state index contributed by atoms with van der Waals surface area (Å²) in [5.74, 6) is 1.02. The molecule has 0 saturated heterocycles. The average Bonchev–Trinajstić information content (AvgIpc) is 3.11. The van der Waals surface area contributed by atoms with Crippen LogP contribution >= 0.6 is 11.3 Å². The third-order valence-electron chi connectivity index (χ3n) is 3.55. The molecule has 0 bridgehead atoms. The lowest BCUT2D eigenvalue weighted by atomic mass is 10.3. The molecule has 22 heavy (non-hydrogen) atoms. The molecule has 1 aromatic carbocycles. The van der Waals surface area contributed by atoms with Gasteiger partial charge in [-0.15, -0.1) is 11.3 Å². The van der Waals surface area contributed by atoms with Crippen LogP contribution in [0.2, 0.25) is 0 Å². The minimum Gasteiger partial charge on any atom is -0.440 e. The molecule has 2 heterocycles. The first-order valence-electron chi connectivity index (χ1n) is 7.09. The number of rotatable bonds is 4. The molecule has 1 saturated carbocycles. The van der Waals surface area contributed by atoms with Crippen molar-refractivity contribution in [2.45, 2.75) is 25.3 Å². The van der Waals surface area contributed by atoms with Gasteiger partial charge in [0.2, 0.25) is 0 Å². The van der Waals surface area contributed by atoms with Crippen molar-refractivity contribution in [1.29, 1.82) is 0 Å². The first-order chi connectivity index (χ1) is 10.7. The third kappa shape index (κ3) is 2.49. The van der Waals surface area contributed by atoms with Gasteiger partial charge in [-0.05, 0) is 31.0 Å². The topological polar surface area (TPSA) is 94.0 Å².